The zero-order chi connectivity index (χ0) is 17.7. The summed E-state index contributed by atoms with van der Waals surface area (Å²) in [7, 11) is 1.84. The van der Waals surface area contributed by atoms with Crippen molar-refractivity contribution in [2.75, 3.05) is 0 Å². The van der Waals surface area contributed by atoms with Crippen LogP contribution in [0.15, 0.2) is 23.4 Å². The molecule has 11 nitrogen and oxygen atoms in total. The first-order valence-electron chi connectivity index (χ1n) is 7.75. The van der Waals surface area contributed by atoms with Crippen molar-refractivity contribution in [2.45, 2.75) is 13.0 Å². The number of thiazole rings is 1. The van der Waals surface area contributed by atoms with Gasteiger partial charge >= 0.3 is 0 Å². The lowest BCUT2D eigenvalue weighted by Gasteiger charge is -2.03. The first-order chi connectivity index (χ1) is 12.7. The van der Waals surface area contributed by atoms with E-state index in [2.05, 4.69) is 40.9 Å². The Kier molecular flexibility index (Phi) is 3.18. The molecule has 0 saturated carbocycles. The highest BCUT2D eigenvalue weighted by Gasteiger charge is 2.18. The molecule has 0 spiro atoms. The highest BCUT2D eigenvalue weighted by atomic mass is 32.1. The van der Waals surface area contributed by atoms with Crippen LogP contribution in [-0.2, 0) is 20.0 Å². The minimum Gasteiger partial charge on any atom is -0.323 e. The fourth-order valence-corrected chi connectivity index (χ4v) is 4.06. The highest BCUT2D eigenvalue weighted by molar-refractivity contribution is 7.19. The minimum absolute atomic E-state index is 0.184. The van der Waals surface area contributed by atoms with Crippen LogP contribution < -0.4 is 5.56 Å². The third-order valence-corrected chi connectivity index (χ3v) is 5.23. The van der Waals surface area contributed by atoms with Crippen molar-refractivity contribution in [3.63, 3.8) is 0 Å². The Balaban J connectivity index is 1.62. The average molecular weight is 368 g/mol. The van der Waals surface area contributed by atoms with Gasteiger partial charge in [0.15, 0.2) is 5.65 Å². The molecule has 5 aromatic heterocycles. The van der Waals surface area contributed by atoms with Crippen molar-refractivity contribution in [3.8, 4) is 0 Å². The molecule has 12 heteroatoms. The number of H-pyrrole nitrogens is 2. The number of aromatic amines is 2. The zero-order valence-electron chi connectivity index (χ0n) is 13.5. The summed E-state index contributed by atoms with van der Waals surface area (Å²) in [6, 6.07) is 0. The van der Waals surface area contributed by atoms with Gasteiger partial charge in [-0.1, -0.05) is 10.4 Å². The second-order valence-corrected chi connectivity index (χ2v) is 6.88. The number of aromatic nitrogens is 10. The fourth-order valence-electron chi connectivity index (χ4n) is 2.94. The summed E-state index contributed by atoms with van der Waals surface area (Å²) in [5, 5.41) is 26.6. The predicted molar refractivity (Wildman–Crippen MR) is 92.8 cm³/mol. The predicted octanol–water partition coefficient (Wildman–Crippen LogP) is 0.220. The smallest absolute Gasteiger partial charge is 0.291 e. The molecule has 0 amide bonds. The van der Waals surface area contributed by atoms with Gasteiger partial charge in [-0.05, 0) is 0 Å². The molecule has 0 unspecified atom stereocenters. The molecule has 0 saturated heterocycles. The second kappa shape index (κ2) is 5.56. The number of aryl methyl sites for hydroxylation is 1. The lowest BCUT2D eigenvalue weighted by atomic mass is 10.3. The van der Waals surface area contributed by atoms with E-state index in [-0.39, 0.29) is 12.1 Å². The van der Waals surface area contributed by atoms with Crippen molar-refractivity contribution in [1.82, 2.24) is 50.2 Å². The van der Waals surface area contributed by atoms with Crippen molar-refractivity contribution in [2.24, 2.45) is 7.05 Å². The molecule has 0 aliphatic heterocycles. The van der Waals surface area contributed by atoms with E-state index in [9.17, 15) is 4.79 Å². The summed E-state index contributed by atoms with van der Waals surface area (Å²) >= 11 is 1.54. The first-order valence-corrected chi connectivity index (χ1v) is 8.57. The van der Waals surface area contributed by atoms with Gasteiger partial charge in [-0.3, -0.25) is 15.0 Å². The fraction of sp³-hybridized carbons (Fsp3) is 0.214. The van der Waals surface area contributed by atoms with E-state index < -0.39 is 0 Å². The maximum Gasteiger partial charge on any atom is 0.291 e. The monoisotopic (exact) mass is 368 g/mol. The van der Waals surface area contributed by atoms with E-state index >= 15 is 0 Å². The molecule has 0 atom stereocenters. The number of fused-ring (bicyclic) bond motifs is 3. The second-order valence-electron chi connectivity index (χ2n) is 5.80. The maximum atomic E-state index is 12.9. The van der Waals surface area contributed by atoms with Crippen LogP contribution in [0.5, 0.6) is 0 Å². The molecule has 0 fully saturated rings. The van der Waals surface area contributed by atoms with E-state index in [1.807, 2.05) is 11.6 Å². The maximum absolute atomic E-state index is 12.9. The normalized spacial score (nSPS) is 11.7. The average Bonchev–Trinajstić information content (AvgIpc) is 3.39. The van der Waals surface area contributed by atoms with Gasteiger partial charge in [0.1, 0.15) is 16.2 Å². The van der Waals surface area contributed by atoms with E-state index in [0.717, 1.165) is 26.4 Å². The summed E-state index contributed by atoms with van der Waals surface area (Å²) in [5.41, 5.74) is 2.62. The van der Waals surface area contributed by atoms with Crippen LogP contribution in [-0.4, -0.2) is 50.2 Å². The molecule has 5 aromatic rings. The van der Waals surface area contributed by atoms with E-state index in [0.29, 0.717) is 17.6 Å². The number of nitrogens with zero attached hydrogens (tertiary/aromatic N) is 8. The molecular weight excluding hydrogens is 356 g/mol. The van der Waals surface area contributed by atoms with E-state index in [4.69, 9.17) is 0 Å². The van der Waals surface area contributed by atoms with Gasteiger partial charge in [0, 0.05) is 31.2 Å². The first kappa shape index (κ1) is 14.9. The minimum atomic E-state index is -0.184. The largest absolute Gasteiger partial charge is 0.323 e. The number of nitrogens with one attached hydrogen (secondary N) is 2. The van der Waals surface area contributed by atoms with E-state index in [1.165, 1.54) is 16.0 Å². The topological polar surface area (TPSA) is 136 Å². The van der Waals surface area contributed by atoms with Gasteiger partial charge in [0.05, 0.1) is 23.1 Å². The summed E-state index contributed by atoms with van der Waals surface area (Å²) in [6.45, 7) is 0.259. The Labute approximate surface area is 148 Å². The van der Waals surface area contributed by atoms with Crippen molar-refractivity contribution >= 4 is 32.6 Å². The Morgan fingerprint density at radius 1 is 1.15 bits per heavy atom. The van der Waals surface area contributed by atoms with E-state index in [1.54, 1.807) is 18.6 Å². The van der Waals surface area contributed by atoms with Gasteiger partial charge in [0.2, 0.25) is 0 Å². The molecule has 0 aliphatic rings. The number of hydrogen-bond acceptors (Lipinski definition) is 8. The van der Waals surface area contributed by atoms with Crippen molar-refractivity contribution in [3.05, 3.63) is 45.3 Å². The Bertz CT molecular complexity index is 1260. The SMILES string of the molecule is Cn1c2nc(Cc3c[nH]nn3)sc2c2cnn(Cc3c[nH]nn3)c(=O)c21. The van der Waals surface area contributed by atoms with Crippen molar-refractivity contribution in [1.29, 1.82) is 0 Å². The van der Waals surface area contributed by atoms with Crippen molar-refractivity contribution < 1.29 is 0 Å². The van der Waals surface area contributed by atoms with Gasteiger partial charge in [-0.15, -0.1) is 21.5 Å². The summed E-state index contributed by atoms with van der Waals surface area (Å²) in [5.74, 6) is 0. The molecule has 0 radical (unpaired) electrons. The third-order valence-electron chi connectivity index (χ3n) is 4.15. The molecule has 130 valence electrons. The van der Waals surface area contributed by atoms with Crippen LogP contribution in [0.4, 0.5) is 0 Å². The quantitative estimate of drug-likeness (QED) is 0.463. The molecular formula is C14H12N10OS. The van der Waals surface area contributed by atoms with Gasteiger partial charge < -0.3 is 4.57 Å². The summed E-state index contributed by atoms with van der Waals surface area (Å²) in [6.07, 6.45) is 5.68. The standard InChI is InChI=1S/C14H12N10OS/c1-23-11-9(5-17-24(14(11)25)6-8-4-16-22-20-8)12-13(23)18-10(26-12)2-7-3-15-21-19-7/h3-5H,2,6H2,1H3,(H,15,19,21)(H,16,20,22). The third kappa shape index (κ3) is 2.23. The van der Waals surface area contributed by atoms with Crippen LogP contribution in [0.1, 0.15) is 16.4 Å². The van der Waals surface area contributed by atoms with Crippen LogP contribution in [0.3, 0.4) is 0 Å². The summed E-state index contributed by atoms with van der Waals surface area (Å²) in [4.78, 5) is 17.5. The number of hydrogen-bond donors (Lipinski definition) is 2. The van der Waals surface area contributed by atoms with Gasteiger partial charge in [-0.25, -0.2) is 9.67 Å². The lowest BCUT2D eigenvalue weighted by molar-refractivity contribution is 0.631. The molecule has 0 aromatic carbocycles. The van der Waals surface area contributed by atoms with Crippen LogP contribution in [0.25, 0.3) is 21.3 Å². The van der Waals surface area contributed by atoms with Crippen LogP contribution in [0.2, 0.25) is 0 Å². The zero-order valence-corrected chi connectivity index (χ0v) is 14.4. The molecule has 5 heterocycles. The number of rotatable bonds is 4. The Morgan fingerprint density at radius 3 is 2.65 bits per heavy atom. The highest BCUT2D eigenvalue weighted by Crippen LogP contribution is 2.31. The molecule has 0 aliphatic carbocycles. The summed E-state index contributed by atoms with van der Waals surface area (Å²) < 4.78 is 4.13. The van der Waals surface area contributed by atoms with Gasteiger partial charge in [0.25, 0.3) is 5.56 Å². The Morgan fingerprint density at radius 2 is 1.92 bits per heavy atom. The molecule has 2 N–H and O–H groups in total. The molecule has 0 bridgehead atoms. The molecule has 5 rings (SSSR count). The van der Waals surface area contributed by atoms with Crippen LogP contribution in [0, 0.1) is 0 Å². The Hall–Kier alpha value is -3.41. The lowest BCUT2D eigenvalue weighted by Crippen LogP contribution is -2.24. The molecule has 26 heavy (non-hydrogen) atoms. The van der Waals surface area contributed by atoms with Crippen LogP contribution >= 0.6 is 11.3 Å². The van der Waals surface area contributed by atoms with Gasteiger partial charge in [-0.2, -0.15) is 5.10 Å².